The largest absolute Gasteiger partial charge is 0.336 e. The second-order valence-corrected chi connectivity index (χ2v) is 6.24. The minimum absolute atomic E-state index is 0.169. The van der Waals surface area contributed by atoms with Crippen molar-refractivity contribution in [2.45, 2.75) is 32.4 Å². The van der Waals surface area contributed by atoms with Gasteiger partial charge in [0, 0.05) is 13.6 Å². The van der Waals surface area contributed by atoms with Gasteiger partial charge >= 0.3 is 0 Å². The van der Waals surface area contributed by atoms with Crippen LogP contribution in [0, 0.1) is 12.7 Å². The Balaban J connectivity index is 1.72. The molecule has 0 aliphatic carbocycles. The molecule has 2 aromatic rings. The summed E-state index contributed by atoms with van der Waals surface area (Å²) in [6, 6.07) is 6.44. The lowest BCUT2D eigenvalue weighted by atomic mass is 10.1. The van der Waals surface area contributed by atoms with Crippen LogP contribution in [0.4, 0.5) is 4.39 Å². The van der Waals surface area contributed by atoms with E-state index < -0.39 is 0 Å². The number of rotatable bonds is 4. The molecule has 0 atom stereocenters. The molecule has 6 nitrogen and oxygen atoms in total. The van der Waals surface area contributed by atoms with Crippen LogP contribution in [0.2, 0.25) is 0 Å². The highest BCUT2D eigenvalue weighted by Crippen LogP contribution is 2.21. The van der Waals surface area contributed by atoms with Crippen LogP contribution in [0.25, 0.3) is 0 Å². The van der Waals surface area contributed by atoms with Gasteiger partial charge in [-0.05, 0) is 50.6 Å². The summed E-state index contributed by atoms with van der Waals surface area (Å²) in [5.74, 6) is -0.453. The highest BCUT2D eigenvalue weighted by Gasteiger charge is 2.24. The molecule has 1 aliphatic heterocycles. The summed E-state index contributed by atoms with van der Waals surface area (Å²) in [5, 5.41) is 11.6. The van der Waals surface area contributed by atoms with E-state index in [9.17, 15) is 9.18 Å². The van der Waals surface area contributed by atoms with Crippen molar-refractivity contribution < 1.29 is 9.18 Å². The van der Waals surface area contributed by atoms with Crippen LogP contribution in [-0.2, 0) is 6.54 Å². The molecule has 2 heterocycles. The summed E-state index contributed by atoms with van der Waals surface area (Å²) in [6.07, 6.45) is 1.98. The van der Waals surface area contributed by atoms with Gasteiger partial charge in [-0.25, -0.2) is 9.07 Å². The van der Waals surface area contributed by atoms with Crippen molar-refractivity contribution in [1.82, 2.24) is 25.2 Å². The molecular weight excluding hydrogens is 309 g/mol. The molecule has 3 rings (SSSR count). The first-order valence-corrected chi connectivity index (χ1v) is 8.18. The average molecular weight is 331 g/mol. The third-order valence-corrected chi connectivity index (χ3v) is 4.46. The maximum Gasteiger partial charge on any atom is 0.276 e. The molecule has 128 valence electrons. The summed E-state index contributed by atoms with van der Waals surface area (Å²) >= 11 is 0. The van der Waals surface area contributed by atoms with E-state index in [0.29, 0.717) is 18.3 Å². The van der Waals surface area contributed by atoms with Crippen molar-refractivity contribution in [1.29, 1.82) is 0 Å². The number of aromatic nitrogens is 3. The number of hydrogen-bond donors (Lipinski definition) is 1. The molecule has 1 aliphatic rings. The Labute approximate surface area is 140 Å². The second-order valence-electron chi connectivity index (χ2n) is 6.24. The van der Waals surface area contributed by atoms with Gasteiger partial charge in [0.05, 0.1) is 11.7 Å². The number of halogens is 1. The highest BCUT2D eigenvalue weighted by atomic mass is 19.1. The summed E-state index contributed by atoms with van der Waals surface area (Å²) in [4.78, 5) is 14.2. The SMILES string of the molecule is Cc1c(C(=O)N(C)Cc2ccc(F)cc2)nnn1C1CCNCC1. The van der Waals surface area contributed by atoms with E-state index in [1.807, 2.05) is 11.6 Å². The van der Waals surface area contributed by atoms with E-state index in [0.717, 1.165) is 37.2 Å². The summed E-state index contributed by atoms with van der Waals surface area (Å²) in [6.45, 7) is 4.20. The molecule has 7 heteroatoms. The smallest absolute Gasteiger partial charge is 0.276 e. The van der Waals surface area contributed by atoms with Gasteiger partial charge in [0.15, 0.2) is 5.69 Å². The van der Waals surface area contributed by atoms with E-state index in [1.165, 1.54) is 12.1 Å². The number of carbonyl (C=O) groups is 1. The zero-order chi connectivity index (χ0) is 17.1. The van der Waals surface area contributed by atoms with Crippen molar-refractivity contribution in [3.05, 3.63) is 47.0 Å². The molecule has 0 unspecified atom stereocenters. The Hall–Kier alpha value is -2.28. The zero-order valence-electron chi connectivity index (χ0n) is 14.0. The molecule has 0 spiro atoms. The van der Waals surface area contributed by atoms with E-state index >= 15 is 0 Å². The van der Waals surface area contributed by atoms with E-state index in [4.69, 9.17) is 0 Å². The van der Waals surface area contributed by atoms with Crippen LogP contribution in [0.3, 0.4) is 0 Å². The summed E-state index contributed by atoms with van der Waals surface area (Å²) < 4.78 is 14.8. The molecule has 0 bridgehead atoms. The maximum atomic E-state index is 13.0. The minimum atomic E-state index is -0.284. The lowest BCUT2D eigenvalue weighted by Crippen LogP contribution is -2.30. The quantitative estimate of drug-likeness (QED) is 0.930. The molecule has 1 fully saturated rings. The number of amides is 1. The van der Waals surface area contributed by atoms with Crippen molar-refractivity contribution in [3.8, 4) is 0 Å². The normalized spacial score (nSPS) is 15.5. The Morgan fingerprint density at radius 1 is 1.33 bits per heavy atom. The molecule has 1 saturated heterocycles. The van der Waals surface area contributed by atoms with Gasteiger partial charge in [-0.15, -0.1) is 5.10 Å². The molecular formula is C17H22FN5O. The van der Waals surface area contributed by atoms with E-state index in [2.05, 4.69) is 15.6 Å². The highest BCUT2D eigenvalue weighted by molar-refractivity contribution is 5.93. The first-order chi connectivity index (χ1) is 11.6. The Kier molecular flexibility index (Phi) is 4.89. The zero-order valence-corrected chi connectivity index (χ0v) is 14.0. The Morgan fingerprint density at radius 3 is 2.67 bits per heavy atom. The number of piperidine rings is 1. The van der Waals surface area contributed by atoms with Gasteiger partial charge < -0.3 is 10.2 Å². The average Bonchev–Trinajstić information content (AvgIpc) is 2.98. The molecule has 0 saturated carbocycles. The fourth-order valence-electron chi connectivity index (χ4n) is 3.05. The monoisotopic (exact) mass is 331 g/mol. The van der Waals surface area contributed by atoms with Gasteiger partial charge in [0.25, 0.3) is 5.91 Å². The first kappa shape index (κ1) is 16.6. The van der Waals surface area contributed by atoms with Crippen molar-refractivity contribution in [2.75, 3.05) is 20.1 Å². The van der Waals surface area contributed by atoms with Crippen LogP contribution in [0.1, 0.15) is 40.6 Å². The third kappa shape index (κ3) is 3.46. The number of nitrogens with one attached hydrogen (secondary N) is 1. The van der Waals surface area contributed by atoms with Crippen molar-refractivity contribution in [2.24, 2.45) is 0 Å². The topological polar surface area (TPSA) is 63.1 Å². The Bertz CT molecular complexity index is 706. The van der Waals surface area contributed by atoms with Crippen LogP contribution < -0.4 is 5.32 Å². The van der Waals surface area contributed by atoms with Crippen LogP contribution in [0.5, 0.6) is 0 Å². The van der Waals surface area contributed by atoms with Crippen molar-refractivity contribution in [3.63, 3.8) is 0 Å². The molecule has 1 aromatic carbocycles. The molecule has 1 aromatic heterocycles. The Morgan fingerprint density at radius 2 is 2.00 bits per heavy atom. The van der Waals surface area contributed by atoms with Crippen LogP contribution in [0.15, 0.2) is 24.3 Å². The maximum absolute atomic E-state index is 13.0. The predicted molar refractivity (Wildman–Crippen MR) is 88.1 cm³/mol. The molecule has 1 amide bonds. The number of hydrogen-bond acceptors (Lipinski definition) is 4. The van der Waals surface area contributed by atoms with Gasteiger partial charge in [-0.1, -0.05) is 17.3 Å². The van der Waals surface area contributed by atoms with Gasteiger partial charge in [-0.2, -0.15) is 0 Å². The lowest BCUT2D eigenvalue weighted by molar-refractivity contribution is 0.0778. The molecule has 1 N–H and O–H groups in total. The minimum Gasteiger partial charge on any atom is -0.336 e. The van der Waals surface area contributed by atoms with Crippen molar-refractivity contribution >= 4 is 5.91 Å². The third-order valence-electron chi connectivity index (χ3n) is 4.46. The first-order valence-electron chi connectivity index (χ1n) is 8.18. The number of benzene rings is 1. The lowest BCUT2D eigenvalue weighted by Gasteiger charge is -2.23. The molecule has 0 radical (unpaired) electrons. The molecule has 24 heavy (non-hydrogen) atoms. The second kappa shape index (κ2) is 7.09. The fourth-order valence-corrected chi connectivity index (χ4v) is 3.05. The van der Waals surface area contributed by atoms with Gasteiger partial charge in [0.2, 0.25) is 0 Å². The number of carbonyl (C=O) groups excluding carboxylic acids is 1. The number of nitrogens with zero attached hydrogens (tertiary/aromatic N) is 4. The van der Waals surface area contributed by atoms with Gasteiger partial charge in [0.1, 0.15) is 5.82 Å². The predicted octanol–water partition coefficient (Wildman–Crippen LogP) is 1.92. The van der Waals surface area contributed by atoms with Crippen LogP contribution >= 0.6 is 0 Å². The summed E-state index contributed by atoms with van der Waals surface area (Å²) in [7, 11) is 1.72. The van der Waals surface area contributed by atoms with Gasteiger partial charge in [-0.3, -0.25) is 4.79 Å². The summed E-state index contributed by atoms with van der Waals surface area (Å²) in [5.41, 5.74) is 2.06. The van der Waals surface area contributed by atoms with E-state index in [-0.39, 0.29) is 11.7 Å². The van der Waals surface area contributed by atoms with E-state index in [1.54, 1.807) is 24.1 Å². The van der Waals surface area contributed by atoms with Crippen LogP contribution in [-0.4, -0.2) is 45.9 Å². The fraction of sp³-hybridized carbons (Fsp3) is 0.471. The standard InChI is InChI=1S/C17H22FN5O/c1-12-16(20-21-23(12)15-7-9-19-10-8-15)17(24)22(2)11-13-3-5-14(18)6-4-13/h3-6,15,19H,7-11H2,1-2H3.